The number of hydrogen-bond acceptors (Lipinski definition) is 5. The van der Waals surface area contributed by atoms with Crippen LogP contribution in [0.2, 0.25) is 0 Å². The van der Waals surface area contributed by atoms with Gasteiger partial charge in [0.25, 0.3) is 5.56 Å². The molecule has 0 bridgehead atoms. The third-order valence-corrected chi connectivity index (χ3v) is 7.82. The first kappa shape index (κ1) is 22.7. The Kier molecular flexibility index (Phi) is 6.16. The molecular formula is C26H29N5O2S. The van der Waals surface area contributed by atoms with E-state index >= 15 is 0 Å². The third kappa shape index (κ3) is 4.00. The Hall–Kier alpha value is -3.13. The fourth-order valence-corrected chi connectivity index (χ4v) is 5.78. The lowest BCUT2D eigenvalue weighted by molar-refractivity contribution is -0.131. The zero-order valence-electron chi connectivity index (χ0n) is 19.8. The van der Waals surface area contributed by atoms with Crippen LogP contribution in [0.25, 0.3) is 22.4 Å². The van der Waals surface area contributed by atoms with E-state index in [4.69, 9.17) is 0 Å². The standard InChI is InChI=1S/C26H29N5O2S/c1-17-13-15-20(16-14-17)30-24(33)21-11-7-8-12-22(21)31-25(30)27-28-26(31)34-18(2)23(32)29(3)19-9-5-4-6-10-19/h7-8,11-16,18-19H,4-6,9-10H2,1-3H3. The van der Waals surface area contributed by atoms with Gasteiger partial charge in [-0.25, -0.2) is 4.57 Å². The van der Waals surface area contributed by atoms with Gasteiger partial charge in [-0.2, -0.15) is 0 Å². The summed E-state index contributed by atoms with van der Waals surface area (Å²) in [7, 11) is 1.92. The fraction of sp³-hybridized carbons (Fsp3) is 0.385. The maximum atomic E-state index is 13.4. The second-order valence-corrected chi connectivity index (χ2v) is 10.4. The number of benzene rings is 2. The number of thioether (sulfide) groups is 1. The summed E-state index contributed by atoms with van der Waals surface area (Å²) in [6.07, 6.45) is 5.76. The van der Waals surface area contributed by atoms with Crippen LogP contribution in [0, 0.1) is 6.92 Å². The molecule has 0 saturated heterocycles. The normalized spacial score (nSPS) is 15.6. The molecule has 34 heavy (non-hydrogen) atoms. The second-order valence-electron chi connectivity index (χ2n) is 9.11. The SMILES string of the molecule is Cc1ccc(-n2c(=O)c3ccccc3n3c(SC(C)C(=O)N(C)C4CCCCC4)nnc23)cc1. The molecule has 8 heteroatoms. The van der Waals surface area contributed by atoms with E-state index in [0.29, 0.717) is 22.4 Å². The van der Waals surface area contributed by atoms with Crippen LogP contribution < -0.4 is 5.56 Å². The lowest BCUT2D eigenvalue weighted by Gasteiger charge is -2.32. The number of nitrogens with zero attached hydrogens (tertiary/aromatic N) is 5. The summed E-state index contributed by atoms with van der Waals surface area (Å²) in [5, 5.41) is 9.70. The molecule has 2 heterocycles. The first-order valence-corrected chi connectivity index (χ1v) is 12.7. The number of carbonyl (C=O) groups excluding carboxylic acids is 1. The van der Waals surface area contributed by atoms with Crippen LogP contribution in [-0.2, 0) is 4.79 Å². The Labute approximate surface area is 202 Å². The Balaban J connectivity index is 1.57. The number of fused-ring (bicyclic) bond motifs is 3. The summed E-state index contributed by atoms with van der Waals surface area (Å²) in [4.78, 5) is 28.6. The minimum atomic E-state index is -0.321. The number of rotatable bonds is 5. The molecule has 0 spiro atoms. The van der Waals surface area contributed by atoms with Gasteiger partial charge in [0.15, 0.2) is 5.16 Å². The van der Waals surface area contributed by atoms with Gasteiger partial charge in [-0.15, -0.1) is 10.2 Å². The Morgan fingerprint density at radius 3 is 2.50 bits per heavy atom. The number of amides is 1. The highest BCUT2D eigenvalue weighted by Crippen LogP contribution is 2.29. The fourth-order valence-electron chi connectivity index (χ4n) is 4.83. The van der Waals surface area contributed by atoms with Crippen molar-refractivity contribution in [2.45, 2.75) is 62.4 Å². The third-order valence-electron chi connectivity index (χ3n) is 6.79. The van der Waals surface area contributed by atoms with Crippen LogP contribution in [0.3, 0.4) is 0 Å². The summed E-state index contributed by atoms with van der Waals surface area (Å²) in [5.41, 5.74) is 2.44. The monoisotopic (exact) mass is 475 g/mol. The van der Waals surface area contributed by atoms with Gasteiger partial charge in [-0.3, -0.25) is 14.0 Å². The van der Waals surface area contributed by atoms with Gasteiger partial charge < -0.3 is 4.90 Å². The zero-order chi connectivity index (χ0) is 23.8. The van der Waals surface area contributed by atoms with Crippen molar-refractivity contribution in [3.05, 3.63) is 64.4 Å². The van der Waals surface area contributed by atoms with Crippen molar-refractivity contribution < 1.29 is 4.79 Å². The van der Waals surface area contributed by atoms with Crippen molar-refractivity contribution >= 4 is 34.3 Å². The summed E-state index contributed by atoms with van der Waals surface area (Å²) < 4.78 is 3.49. The van der Waals surface area contributed by atoms with Crippen LogP contribution in [0.4, 0.5) is 0 Å². The number of carbonyl (C=O) groups is 1. The highest BCUT2D eigenvalue weighted by Gasteiger charge is 2.28. The summed E-state index contributed by atoms with van der Waals surface area (Å²) >= 11 is 1.39. The van der Waals surface area contributed by atoms with Gasteiger partial charge in [-0.05, 0) is 51.0 Å². The van der Waals surface area contributed by atoms with Gasteiger partial charge in [0.05, 0.1) is 21.8 Å². The quantitative estimate of drug-likeness (QED) is 0.394. The summed E-state index contributed by atoms with van der Waals surface area (Å²) in [5.74, 6) is 0.542. The van der Waals surface area contributed by atoms with Gasteiger partial charge in [-0.1, -0.05) is 60.9 Å². The van der Waals surface area contributed by atoms with Crippen LogP contribution in [-0.4, -0.2) is 48.3 Å². The minimum absolute atomic E-state index is 0.102. The van der Waals surface area contributed by atoms with Crippen molar-refractivity contribution in [3.8, 4) is 5.69 Å². The van der Waals surface area contributed by atoms with E-state index in [1.807, 2.05) is 78.7 Å². The van der Waals surface area contributed by atoms with Crippen LogP contribution in [0.15, 0.2) is 58.5 Å². The van der Waals surface area contributed by atoms with Crippen molar-refractivity contribution in [2.75, 3.05) is 7.05 Å². The molecule has 7 nitrogen and oxygen atoms in total. The molecule has 1 fully saturated rings. The van der Waals surface area contributed by atoms with E-state index in [1.165, 1.54) is 31.0 Å². The smallest absolute Gasteiger partial charge is 0.267 e. The van der Waals surface area contributed by atoms with E-state index in [1.54, 1.807) is 4.57 Å². The van der Waals surface area contributed by atoms with E-state index < -0.39 is 0 Å². The minimum Gasteiger partial charge on any atom is -0.342 e. The molecule has 0 radical (unpaired) electrons. The first-order chi connectivity index (χ1) is 16.5. The molecule has 1 saturated carbocycles. The maximum Gasteiger partial charge on any atom is 0.267 e. The molecule has 4 aromatic rings. The predicted molar refractivity (Wildman–Crippen MR) is 136 cm³/mol. The first-order valence-electron chi connectivity index (χ1n) is 11.8. The van der Waals surface area contributed by atoms with Crippen molar-refractivity contribution in [1.29, 1.82) is 0 Å². The molecule has 2 aromatic carbocycles. The molecule has 2 aromatic heterocycles. The van der Waals surface area contributed by atoms with E-state index in [-0.39, 0.29) is 16.7 Å². The molecule has 1 aliphatic rings. The van der Waals surface area contributed by atoms with E-state index in [9.17, 15) is 9.59 Å². The highest BCUT2D eigenvalue weighted by molar-refractivity contribution is 8.00. The van der Waals surface area contributed by atoms with Crippen molar-refractivity contribution in [1.82, 2.24) is 24.1 Å². The van der Waals surface area contributed by atoms with Crippen molar-refractivity contribution in [3.63, 3.8) is 0 Å². The molecule has 5 rings (SSSR count). The average Bonchev–Trinajstić information content (AvgIpc) is 3.28. The Morgan fingerprint density at radius 1 is 1.06 bits per heavy atom. The predicted octanol–water partition coefficient (Wildman–Crippen LogP) is 4.61. The summed E-state index contributed by atoms with van der Waals surface area (Å²) in [6, 6.07) is 15.6. The molecule has 1 amide bonds. The number of para-hydroxylation sites is 1. The second kappa shape index (κ2) is 9.25. The molecule has 1 unspecified atom stereocenters. The maximum absolute atomic E-state index is 13.4. The largest absolute Gasteiger partial charge is 0.342 e. The summed E-state index contributed by atoms with van der Waals surface area (Å²) in [6.45, 7) is 3.93. The average molecular weight is 476 g/mol. The Morgan fingerprint density at radius 2 is 1.76 bits per heavy atom. The molecule has 0 N–H and O–H groups in total. The number of hydrogen-bond donors (Lipinski definition) is 0. The van der Waals surface area contributed by atoms with Crippen LogP contribution in [0.1, 0.15) is 44.6 Å². The van der Waals surface area contributed by atoms with E-state index in [2.05, 4.69) is 10.2 Å². The molecular weight excluding hydrogens is 446 g/mol. The van der Waals surface area contributed by atoms with Crippen molar-refractivity contribution in [2.24, 2.45) is 0 Å². The molecule has 0 aliphatic heterocycles. The Bertz CT molecular complexity index is 1400. The lowest BCUT2D eigenvalue weighted by atomic mass is 9.94. The highest BCUT2D eigenvalue weighted by atomic mass is 32.2. The van der Waals surface area contributed by atoms with Crippen LogP contribution in [0.5, 0.6) is 0 Å². The number of aryl methyl sites for hydroxylation is 1. The molecule has 1 atom stereocenters. The number of aromatic nitrogens is 4. The van der Waals surface area contributed by atoms with Crippen LogP contribution >= 0.6 is 11.8 Å². The zero-order valence-corrected chi connectivity index (χ0v) is 20.6. The molecule has 1 aliphatic carbocycles. The van der Waals surface area contributed by atoms with E-state index in [0.717, 1.165) is 29.6 Å². The molecule has 176 valence electrons. The van der Waals surface area contributed by atoms with Gasteiger partial charge in [0, 0.05) is 13.1 Å². The van der Waals surface area contributed by atoms with Gasteiger partial charge >= 0.3 is 0 Å². The van der Waals surface area contributed by atoms with Gasteiger partial charge in [0.1, 0.15) is 0 Å². The topological polar surface area (TPSA) is 72.5 Å². The van der Waals surface area contributed by atoms with Gasteiger partial charge in [0.2, 0.25) is 11.7 Å². The lowest BCUT2D eigenvalue weighted by Crippen LogP contribution is -2.42.